The van der Waals surface area contributed by atoms with E-state index < -0.39 is 6.10 Å². The Morgan fingerprint density at radius 3 is 2.57 bits per heavy atom. The molecule has 3 N–H and O–H groups in total. The molecule has 0 unspecified atom stereocenters. The Labute approximate surface area is 124 Å². The van der Waals surface area contributed by atoms with Crippen LogP contribution in [0, 0.1) is 20.8 Å². The summed E-state index contributed by atoms with van der Waals surface area (Å²) in [6, 6.07) is 8.80. The first-order chi connectivity index (χ1) is 9.95. The number of aliphatic hydroxyl groups excluding tert-OH is 1. The number of aryl methyl sites for hydroxylation is 3. The van der Waals surface area contributed by atoms with Gasteiger partial charge in [-0.15, -0.1) is 0 Å². The standard InChI is InChI=1S/C16H20N2O3/c1-10-4-6-13(8-11(10)2)18-16(20)17-9-14(19)15-7-5-12(3)21-15/h4-8,14,19H,9H2,1-3H3,(H2,17,18,20)/t14-/m1/s1. The third-order valence-corrected chi connectivity index (χ3v) is 3.31. The van der Waals surface area contributed by atoms with Crippen molar-refractivity contribution in [3.05, 3.63) is 53.0 Å². The van der Waals surface area contributed by atoms with Crippen molar-refractivity contribution in [3.8, 4) is 0 Å². The maximum absolute atomic E-state index is 11.8. The minimum atomic E-state index is -0.857. The number of hydrogen-bond donors (Lipinski definition) is 3. The van der Waals surface area contributed by atoms with Crippen LogP contribution in [0.5, 0.6) is 0 Å². The van der Waals surface area contributed by atoms with Crippen molar-refractivity contribution in [3.63, 3.8) is 0 Å². The molecule has 0 saturated heterocycles. The Kier molecular flexibility index (Phi) is 4.65. The van der Waals surface area contributed by atoms with Gasteiger partial charge in [0.2, 0.25) is 0 Å². The summed E-state index contributed by atoms with van der Waals surface area (Å²) in [4.78, 5) is 11.8. The first-order valence-electron chi connectivity index (χ1n) is 6.82. The topological polar surface area (TPSA) is 74.5 Å². The summed E-state index contributed by atoms with van der Waals surface area (Å²) in [6.07, 6.45) is -0.857. The summed E-state index contributed by atoms with van der Waals surface area (Å²) < 4.78 is 5.30. The zero-order valence-corrected chi connectivity index (χ0v) is 12.4. The molecule has 21 heavy (non-hydrogen) atoms. The minimum Gasteiger partial charge on any atom is -0.464 e. The van der Waals surface area contributed by atoms with Crippen LogP contribution in [0.25, 0.3) is 0 Å². The Morgan fingerprint density at radius 2 is 1.95 bits per heavy atom. The van der Waals surface area contributed by atoms with E-state index in [9.17, 15) is 9.90 Å². The number of rotatable bonds is 4. The molecular weight excluding hydrogens is 268 g/mol. The summed E-state index contributed by atoms with van der Waals surface area (Å²) in [5.74, 6) is 1.17. The summed E-state index contributed by atoms with van der Waals surface area (Å²) in [5.41, 5.74) is 3.00. The van der Waals surface area contributed by atoms with Crippen LogP contribution in [0.2, 0.25) is 0 Å². The van der Waals surface area contributed by atoms with Crippen molar-refractivity contribution in [2.75, 3.05) is 11.9 Å². The molecule has 1 aromatic carbocycles. The maximum atomic E-state index is 11.8. The lowest BCUT2D eigenvalue weighted by Crippen LogP contribution is -2.32. The molecule has 0 saturated carbocycles. The van der Waals surface area contributed by atoms with E-state index in [0.29, 0.717) is 5.76 Å². The SMILES string of the molecule is Cc1ccc([C@H](O)CNC(=O)Nc2ccc(C)c(C)c2)o1. The van der Waals surface area contributed by atoms with Gasteiger partial charge in [0.15, 0.2) is 0 Å². The highest BCUT2D eigenvalue weighted by molar-refractivity contribution is 5.89. The number of benzene rings is 1. The van der Waals surface area contributed by atoms with Gasteiger partial charge >= 0.3 is 6.03 Å². The fraction of sp³-hybridized carbons (Fsp3) is 0.312. The predicted octanol–water partition coefficient (Wildman–Crippen LogP) is 3.06. The van der Waals surface area contributed by atoms with Gasteiger partial charge in [-0.2, -0.15) is 0 Å². The van der Waals surface area contributed by atoms with Gasteiger partial charge in [0, 0.05) is 5.69 Å². The van der Waals surface area contributed by atoms with E-state index >= 15 is 0 Å². The number of urea groups is 1. The second kappa shape index (κ2) is 6.45. The molecule has 0 aliphatic heterocycles. The number of hydrogen-bond acceptors (Lipinski definition) is 3. The first-order valence-corrected chi connectivity index (χ1v) is 6.82. The molecule has 0 aliphatic rings. The van der Waals surface area contributed by atoms with Crippen molar-refractivity contribution in [1.29, 1.82) is 0 Å². The van der Waals surface area contributed by atoms with Crippen LogP contribution >= 0.6 is 0 Å². The van der Waals surface area contributed by atoms with Gasteiger partial charge in [-0.05, 0) is 56.2 Å². The Morgan fingerprint density at radius 1 is 1.19 bits per heavy atom. The van der Waals surface area contributed by atoms with E-state index in [-0.39, 0.29) is 12.6 Å². The number of carbonyl (C=O) groups is 1. The summed E-state index contributed by atoms with van der Waals surface area (Å²) >= 11 is 0. The zero-order chi connectivity index (χ0) is 15.4. The Hall–Kier alpha value is -2.27. The van der Waals surface area contributed by atoms with E-state index in [1.807, 2.05) is 32.0 Å². The lowest BCUT2D eigenvalue weighted by molar-refractivity contribution is 0.148. The van der Waals surface area contributed by atoms with Crippen LogP contribution in [0.3, 0.4) is 0 Å². The van der Waals surface area contributed by atoms with Gasteiger partial charge in [0.1, 0.15) is 17.6 Å². The van der Waals surface area contributed by atoms with Crippen LogP contribution in [-0.2, 0) is 0 Å². The molecule has 0 radical (unpaired) electrons. The molecule has 2 rings (SSSR count). The molecule has 0 bridgehead atoms. The first kappa shape index (κ1) is 15.1. The monoisotopic (exact) mass is 288 g/mol. The molecule has 1 atom stereocenters. The van der Waals surface area contributed by atoms with Gasteiger partial charge in [-0.25, -0.2) is 4.79 Å². The molecule has 1 aromatic heterocycles. The predicted molar refractivity (Wildman–Crippen MR) is 81.3 cm³/mol. The van der Waals surface area contributed by atoms with E-state index in [2.05, 4.69) is 10.6 Å². The number of carbonyl (C=O) groups excluding carboxylic acids is 1. The molecule has 112 valence electrons. The minimum absolute atomic E-state index is 0.0869. The van der Waals surface area contributed by atoms with Gasteiger partial charge in [-0.3, -0.25) is 0 Å². The van der Waals surface area contributed by atoms with Crippen molar-refractivity contribution in [2.24, 2.45) is 0 Å². The summed E-state index contributed by atoms with van der Waals surface area (Å²) in [7, 11) is 0. The van der Waals surface area contributed by atoms with Crippen LogP contribution in [-0.4, -0.2) is 17.7 Å². The average molecular weight is 288 g/mol. The molecule has 1 heterocycles. The number of amides is 2. The van der Waals surface area contributed by atoms with E-state index in [0.717, 1.165) is 17.0 Å². The third-order valence-electron chi connectivity index (χ3n) is 3.31. The Balaban J connectivity index is 1.85. The van der Waals surface area contributed by atoms with Crippen molar-refractivity contribution in [1.82, 2.24) is 5.32 Å². The molecule has 0 aliphatic carbocycles. The molecule has 2 aromatic rings. The van der Waals surface area contributed by atoms with Crippen LogP contribution in [0.15, 0.2) is 34.7 Å². The molecule has 2 amide bonds. The largest absolute Gasteiger partial charge is 0.464 e. The average Bonchev–Trinajstić information content (AvgIpc) is 2.87. The molecular formula is C16H20N2O3. The van der Waals surface area contributed by atoms with E-state index in [4.69, 9.17) is 4.42 Å². The zero-order valence-electron chi connectivity index (χ0n) is 12.4. The molecule has 5 heteroatoms. The number of anilines is 1. The smallest absolute Gasteiger partial charge is 0.319 e. The quantitative estimate of drug-likeness (QED) is 0.809. The van der Waals surface area contributed by atoms with Crippen LogP contribution in [0.4, 0.5) is 10.5 Å². The highest BCUT2D eigenvalue weighted by Gasteiger charge is 2.13. The molecule has 5 nitrogen and oxygen atoms in total. The second-order valence-electron chi connectivity index (χ2n) is 5.10. The second-order valence-corrected chi connectivity index (χ2v) is 5.10. The fourth-order valence-electron chi connectivity index (χ4n) is 1.92. The van der Waals surface area contributed by atoms with E-state index in [1.165, 1.54) is 5.56 Å². The van der Waals surface area contributed by atoms with Crippen LogP contribution < -0.4 is 10.6 Å². The third kappa shape index (κ3) is 4.10. The van der Waals surface area contributed by atoms with Gasteiger partial charge in [0.05, 0.1) is 6.54 Å². The lowest BCUT2D eigenvalue weighted by atomic mass is 10.1. The normalized spacial score (nSPS) is 12.0. The highest BCUT2D eigenvalue weighted by atomic mass is 16.4. The van der Waals surface area contributed by atoms with Gasteiger partial charge in [-0.1, -0.05) is 6.07 Å². The molecule has 0 fully saturated rings. The van der Waals surface area contributed by atoms with E-state index in [1.54, 1.807) is 19.1 Å². The Bertz CT molecular complexity index is 634. The number of nitrogens with one attached hydrogen (secondary N) is 2. The molecule has 0 spiro atoms. The summed E-state index contributed by atoms with van der Waals surface area (Å²) in [6.45, 7) is 5.89. The van der Waals surface area contributed by atoms with Gasteiger partial charge in [0.25, 0.3) is 0 Å². The lowest BCUT2D eigenvalue weighted by Gasteiger charge is -2.11. The van der Waals surface area contributed by atoms with Crippen molar-refractivity contribution >= 4 is 11.7 Å². The maximum Gasteiger partial charge on any atom is 0.319 e. The van der Waals surface area contributed by atoms with Crippen LogP contribution in [0.1, 0.15) is 28.8 Å². The number of furan rings is 1. The summed E-state index contributed by atoms with van der Waals surface area (Å²) in [5, 5.41) is 15.2. The van der Waals surface area contributed by atoms with Crippen molar-refractivity contribution in [2.45, 2.75) is 26.9 Å². The highest BCUT2D eigenvalue weighted by Crippen LogP contribution is 2.16. The fourth-order valence-corrected chi connectivity index (χ4v) is 1.92. The van der Waals surface area contributed by atoms with Gasteiger partial charge < -0.3 is 20.2 Å². The number of aliphatic hydroxyl groups is 1. The van der Waals surface area contributed by atoms with Crippen molar-refractivity contribution < 1.29 is 14.3 Å².